The number of hydrogen-bond donors (Lipinski definition) is 2. The average Bonchev–Trinajstić information content (AvgIpc) is 3.46. The Morgan fingerprint density at radius 3 is 2.51 bits per heavy atom. The molecule has 6 rings (SSSR count). The molecule has 8 heteroatoms. The van der Waals surface area contributed by atoms with Gasteiger partial charge in [-0.15, -0.1) is 10.2 Å². The number of nitrogens with one attached hydrogen (secondary N) is 2. The third-order valence-corrected chi connectivity index (χ3v) is 6.39. The molecular weight excluding hydrogens is 462 g/mol. The van der Waals surface area contributed by atoms with Gasteiger partial charge in [0, 0.05) is 42.2 Å². The van der Waals surface area contributed by atoms with Crippen LogP contribution in [0.15, 0.2) is 85.3 Å². The number of anilines is 3. The molecular formula is C29H25N7O. The molecule has 1 aliphatic carbocycles. The Morgan fingerprint density at radius 2 is 1.68 bits per heavy atom. The highest BCUT2D eigenvalue weighted by Gasteiger charge is 2.22. The molecule has 0 bridgehead atoms. The lowest BCUT2D eigenvalue weighted by atomic mass is 10.0. The molecule has 37 heavy (non-hydrogen) atoms. The highest BCUT2D eigenvalue weighted by Crippen LogP contribution is 2.35. The molecule has 4 aromatic heterocycles. The highest BCUT2D eigenvalue weighted by molar-refractivity contribution is 5.72. The van der Waals surface area contributed by atoms with E-state index in [1.807, 2.05) is 61.6 Å². The number of fused-ring (bicyclic) bond motifs is 1. The van der Waals surface area contributed by atoms with Crippen LogP contribution in [-0.2, 0) is 12.8 Å². The summed E-state index contributed by atoms with van der Waals surface area (Å²) in [6, 6.07) is 21.7. The van der Waals surface area contributed by atoms with Crippen LogP contribution in [0, 0.1) is 0 Å². The van der Waals surface area contributed by atoms with Crippen LogP contribution in [0.5, 0.6) is 11.8 Å². The molecule has 1 aliphatic rings. The molecule has 0 atom stereocenters. The SMILES string of the molecule is CNc1cc(-c2cccnc2Oc2ccc(Nc3nnc(-c4ccccc4)c4c3CCC4)cn2)ccn1. The predicted molar refractivity (Wildman–Crippen MR) is 144 cm³/mol. The molecule has 0 radical (unpaired) electrons. The highest BCUT2D eigenvalue weighted by atomic mass is 16.5. The zero-order valence-electron chi connectivity index (χ0n) is 20.3. The fraction of sp³-hybridized carbons (Fsp3) is 0.138. The van der Waals surface area contributed by atoms with Crippen molar-refractivity contribution in [2.24, 2.45) is 0 Å². The number of ether oxygens (including phenoxy) is 1. The first-order valence-electron chi connectivity index (χ1n) is 12.2. The van der Waals surface area contributed by atoms with Crippen LogP contribution in [0.2, 0.25) is 0 Å². The van der Waals surface area contributed by atoms with Gasteiger partial charge in [-0.3, -0.25) is 0 Å². The molecule has 182 valence electrons. The van der Waals surface area contributed by atoms with E-state index in [1.54, 1.807) is 18.6 Å². The second-order valence-electron chi connectivity index (χ2n) is 8.72. The van der Waals surface area contributed by atoms with Crippen molar-refractivity contribution < 1.29 is 4.74 Å². The second-order valence-corrected chi connectivity index (χ2v) is 8.72. The van der Waals surface area contributed by atoms with Crippen LogP contribution < -0.4 is 15.4 Å². The lowest BCUT2D eigenvalue weighted by Gasteiger charge is -2.13. The summed E-state index contributed by atoms with van der Waals surface area (Å²) in [6.45, 7) is 0. The number of hydrogen-bond acceptors (Lipinski definition) is 8. The van der Waals surface area contributed by atoms with Crippen molar-refractivity contribution in [1.29, 1.82) is 0 Å². The summed E-state index contributed by atoms with van der Waals surface area (Å²) in [4.78, 5) is 13.2. The van der Waals surface area contributed by atoms with Crippen molar-refractivity contribution in [3.05, 3.63) is 96.4 Å². The molecule has 0 amide bonds. The van der Waals surface area contributed by atoms with E-state index in [0.717, 1.165) is 59.0 Å². The fourth-order valence-corrected chi connectivity index (χ4v) is 4.59. The number of aromatic nitrogens is 5. The largest absolute Gasteiger partial charge is 0.420 e. The Kier molecular flexibility index (Phi) is 6.12. The van der Waals surface area contributed by atoms with Gasteiger partial charge in [-0.1, -0.05) is 30.3 Å². The fourth-order valence-electron chi connectivity index (χ4n) is 4.59. The van der Waals surface area contributed by atoms with E-state index in [1.165, 1.54) is 11.1 Å². The average molecular weight is 488 g/mol. The summed E-state index contributed by atoms with van der Waals surface area (Å²) in [5.74, 6) is 2.48. The monoisotopic (exact) mass is 487 g/mol. The molecule has 0 fully saturated rings. The standard InChI is InChI=1S/C29H25N7O/c1-30-25-17-20(14-16-31-25)22-11-6-15-32-29(22)37-26-13-12-21(18-33-26)34-28-24-10-5-9-23(24)27(35-36-28)19-7-3-2-4-8-19/h2-4,6-8,11-18H,5,9-10H2,1H3,(H,30,31)(H,34,36). The summed E-state index contributed by atoms with van der Waals surface area (Å²) >= 11 is 0. The Bertz CT molecular complexity index is 1540. The van der Waals surface area contributed by atoms with E-state index >= 15 is 0 Å². The van der Waals surface area contributed by atoms with Crippen LogP contribution in [0.1, 0.15) is 17.5 Å². The normalized spacial score (nSPS) is 12.1. The zero-order chi connectivity index (χ0) is 25.0. The van der Waals surface area contributed by atoms with Crippen molar-refractivity contribution in [1.82, 2.24) is 25.1 Å². The topological polar surface area (TPSA) is 97.7 Å². The van der Waals surface area contributed by atoms with Crippen molar-refractivity contribution >= 4 is 17.3 Å². The minimum atomic E-state index is 0.448. The lowest BCUT2D eigenvalue weighted by molar-refractivity contribution is 0.447. The third kappa shape index (κ3) is 4.69. The molecule has 2 N–H and O–H groups in total. The molecule has 0 aliphatic heterocycles. The van der Waals surface area contributed by atoms with Gasteiger partial charge in [0.25, 0.3) is 0 Å². The van der Waals surface area contributed by atoms with Gasteiger partial charge >= 0.3 is 0 Å². The maximum absolute atomic E-state index is 6.06. The van der Waals surface area contributed by atoms with Gasteiger partial charge in [0.1, 0.15) is 5.82 Å². The molecule has 5 aromatic rings. The number of rotatable bonds is 7. The first kappa shape index (κ1) is 22.6. The first-order chi connectivity index (χ1) is 18.3. The summed E-state index contributed by atoms with van der Waals surface area (Å²) < 4.78 is 6.06. The lowest BCUT2D eigenvalue weighted by Crippen LogP contribution is -2.04. The Balaban J connectivity index is 1.22. The predicted octanol–water partition coefficient (Wildman–Crippen LogP) is 6.06. The molecule has 1 aromatic carbocycles. The molecule has 0 saturated heterocycles. The number of benzene rings is 1. The minimum Gasteiger partial charge on any atom is -0.420 e. The molecule has 8 nitrogen and oxygen atoms in total. The van der Waals surface area contributed by atoms with Crippen molar-refractivity contribution in [2.45, 2.75) is 19.3 Å². The Hall–Kier alpha value is -4.85. The molecule has 0 spiro atoms. The van der Waals surface area contributed by atoms with Crippen LogP contribution in [0.3, 0.4) is 0 Å². The van der Waals surface area contributed by atoms with E-state index in [9.17, 15) is 0 Å². The van der Waals surface area contributed by atoms with Crippen molar-refractivity contribution in [2.75, 3.05) is 17.7 Å². The van der Waals surface area contributed by atoms with E-state index in [4.69, 9.17) is 4.74 Å². The van der Waals surface area contributed by atoms with E-state index in [2.05, 4.69) is 47.9 Å². The van der Waals surface area contributed by atoms with Gasteiger partial charge in [-0.2, -0.15) is 0 Å². The van der Waals surface area contributed by atoms with Gasteiger partial charge in [-0.25, -0.2) is 15.0 Å². The number of nitrogens with zero attached hydrogens (tertiary/aromatic N) is 5. The summed E-state index contributed by atoms with van der Waals surface area (Å²) in [5.41, 5.74) is 7.20. The van der Waals surface area contributed by atoms with Gasteiger partial charge in [0.15, 0.2) is 5.82 Å². The summed E-state index contributed by atoms with van der Waals surface area (Å²) in [6.07, 6.45) is 8.28. The Morgan fingerprint density at radius 1 is 0.784 bits per heavy atom. The van der Waals surface area contributed by atoms with Gasteiger partial charge in [-0.05, 0) is 60.7 Å². The molecule has 4 heterocycles. The van der Waals surface area contributed by atoms with Crippen LogP contribution in [0.4, 0.5) is 17.3 Å². The maximum Gasteiger partial charge on any atom is 0.229 e. The van der Waals surface area contributed by atoms with Crippen molar-refractivity contribution in [3.63, 3.8) is 0 Å². The van der Waals surface area contributed by atoms with Crippen LogP contribution >= 0.6 is 0 Å². The first-order valence-corrected chi connectivity index (χ1v) is 12.2. The van der Waals surface area contributed by atoms with Gasteiger partial charge < -0.3 is 15.4 Å². The van der Waals surface area contributed by atoms with Crippen molar-refractivity contribution in [3.8, 4) is 34.1 Å². The van der Waals surface area contributed by atoms with Gasteiger partial charge in [0.2, 0.25) is 11.8 Å². The molecule has 0 unspecified atom stereocenters. The zero-order valence-corrected chi connectivity index (χ0v) is 20.3. The van der Waals surface area contributed by atoms with Crippen LogP contribution in [-0.4, -0.2) is 32.2 Å². The minimum absolute atomic E-state index is 0.448. The smallest absolute Gasteiger partial charge is 0.229 e. The van der Waals surface area contributed by atoms with E-state index in [0.29, 0.717) is 11.8 Å². The van der Waals surface area contributed by atoms with Gasteiger partial charge in [0.05, 0.1) is 17.6 Å². The third-order valence-electron chi connectivity index (χ3n) is 6.39. The quantitative estimate of drug-likeness (QED) is 0.286. The second kappa shape index (κ2) is 10.0. The van der Waals surface area contributed by atoms with E-state index in [-0.39, 0.29) is 0 Å². The van der Waals surface area contributed by atoms with Crippen LogP contribution in [0.25, 0.3) is 22.4 Å². The summed E-state index contributed by atoms with van der Waals surface area (Å²) in [7, 11) is 1.84. The van der Waals surface area contributed by atoms with E-state index < -0.39 is 0 Å². The number of pyridine rings is 3. The molecule has 0 saturated carbocycles. The Labute approximate surface area is 214 Å². The maximum atomic E-state index is 6.06. The summed E-state index contributed by atoms with van der Waals surface area (Å²) in [5, 5.41) is 15.6.